The van der Waals surface area contributed by atoms with Crippen LogP contribution in [0.15, 0.2) is 34.9 Å². The van der Waals surface area contributed by atoms with E-state index in [1.807, 2.05) is 30.3 Å². The zero-order valence-corrected chi connectivity index (χ0v) is 11.9. The van der Waals surface area contributed by atoms with Crippen molar-refractivity contribution in [1.29, 1.82) is 0 Å². The Morgan fingerprint density at radius 3 is 2.76 bits per heavy atom. The van der Waals surface area contributed by atoms with Crippen LogP contribution in [-0.2, 0) is 4.79 Å². The molecule has 110 valence electrons. The Labute approximate surface area is 123 Å². The first-order valence-corrected chi connectivity index (χ1v) is 7.30. The van der Waals surface area contributed by atoms with Gasteiger partial charge in [-0.05, 0) is 18.8 Å². The third-order valence-electron chi connectivity index (χ3n) is 4.35. The molecule has 1 fully saturated rings. The van der Waals surface area contributed by atoms with Gasteiger partial charge in [-0.2, -0.15) is 4.98 Å². The van der Waals surface area contributed by atoms with E-state index in [1.54, 1.807) is 0 Å². The second kappa shape index (κ2) is 5.68. The Hall–Kier alpha value is -2.17. The molecule has 0 aliphatic heterocycles. The second-order valence-corrected chi connectivity index (χ2v) is 5.62. The van der Waals surface area contributed by atoms with E-state index in [4.69, 9.17) is 4.52 Å². The average molecular weight is 286 g/mol. The molecule has 0 radical (unpaired) electrons. The van der Waals surface area contributed by atoms with E-state index in [2.05, 4.69) is 17.1 Å². The Bertz CT molecular complexity index is 623. The van der Waals surface area contributed by atoms with Gasteiger partial charge in [-0.15, -0.1) is 0 Å². The molecule has 2 aromatic rings. The van der Waals surface area contributed by atoms with E-state index in [1.165, 1.54) is 0 Å². The largest absolute Gasteiger partial charge is 0.481 e. The minimum atomic E-state index is -0.768. The lowest BCUT2D eigenvalue weighted by Crippen LogP contribution is -2.17. The van der Waals surface area contributed by atoms with Crippen LogP contribution in [0.1, 0.15) is 38.0 Å². The maximum absolute atomic E-state index is 11.4. The summed E-state index contributed by atoms with van der Waals surface area (Å²) in [5.41, 5.74) is 0.879. The van der Waals surface area contributed by atoms with Gasteiger partial charge in [0.25, 0.3) is 0 Å². The quantitative estimate of drug-likeness (QED) is 0.932. The van der Waals surface area contributed by atoms with Gasteiger partial charge in [0.2, 0.25) is 11.7 Å². The summed E-state index contributed by atoms with van der Waals surface area (Å²) in [6.07, 6.45) is 2.49. The SMILES string of the molecule is CCC1CC(C(=O)O)C(c2nc(-c3ccccc3)no2)C1. The van der Waals surface area contributed by atoms with Gasteiger partial charge in [0.1, 0.15) is 0 Å². The lowest BCUT2D eigenvalue weighted by atomic mass is 9.96. The van der Waals surface area contributed by atoms with E-state index >= 15 is 0 Å². The first-order valence-electron chi connectivity index (χ1n) is 7.30. The molecule has 1 aromatic carbocycles. The average Bonchev–Trinajstić information content (AvgIpc) is 3.14. The standard InChI is InChI=1S/C16H18N2O3/c1-2-10-8-12(13(9-10)16(19)20)15-17-14(18-21-15)11-6-4-3-5-7-11/h3-7,10,12-13H,2,8-9H2,1H3,(H,19,20). The smallest absolute Gasteiger partial charge is 0.307 e. The van der Waals surface area contributed by atoms with Gasteiger partial charge in [0.05, 0.1) is 11.8 Å². The van der Waals surface area contributed by atoms with Crippen molar-refractivity contribution >= 4 is 5.97 Å². The minimum absolute atomic E-state index is 0.169. The van der Waals surface area contributed by atoms with Gasteiger partial charge in [0, 0.05) is 5.56 Å². The highest BCUT2D eigenvalue weighted by atomic mass is 16.5. The number of hydrogen-bond acceptors (Lipinski definition) is 4. The molecule has 5 nitrogen and oxygen atoms in total. The van der Waals surface area contributed by atoms with E-state index in [0.29, 0.717) is 24.1 Å². The summed E-state index contributed by atoms with van der Waals surface area (Å²) >= 11 is 0. The lowest BCUT2D eigenvalue weighted by molar-refractivity contribution is -0.142. The van der Waals surface area contributed by atoms with Crippen molar-refractivity contribution in [2.45, 2.75) is 32.1 Å². The molecule has 1 heterocycles. The van der Waals surface area contributed by atoms with Crippen LogP contribution in [0.3, 0.4) is 0 Å². The molecule has 0 spiro atoms. The minimum Gasteiger partial charge on any atom is -0.481 e. The fourth-order valence-corrected chi connectivity index (χ4v) is 3.11. The predicted molar refractivity (Wildman–Crippen MR) is 76.6 cm³/mol. The summed E-state index contributed by atoms with van der Waals surface area (Å²) in [5.74, 6) is 0.0434. The van der Waals surface area contributed by atoms with Crippen LogP contribution < -0.4 is 0 Å². The number of benzene rings is 1. The highest BCUT2D eigenvalue weighted by Crippen LogP contribution is 2.44. The van der Waals surface area contributed by atoms with Crippen LogP contribution in [-0.4, -0.2) is 21.2 Å². The lowest BCUT2D eigenvalue weighted by Gasteiger charge is -2.09. The van der Waals surface area contributed by atoms with Gasteiger partial charge in [-0.25, -0.2) is 0 Å². The van der Waals surface area contributed by atoms with Gasteiger partial charge < -0.3 is 9.63 Å². The van der Waals surface area contributed by atoms with Crippen LogP contribution in [0, 0.1) is 11.8 Å². The molecule has 21 heavy (non-hydrogen) atoms. The summed E-state index contributed by atoms with van der Waals surface area (Å²) < 4.78 is 5.35. The van der Waals surface area contributed by atoms with Crippen molar-refractivity contribution < 1.29 is 14.4 Å². The molecule has 1 saturated carbocycles. The number of carbonyl (C=O) groups is 1. The molecule has 0 amide bonds. The van der Waals surface area contributed by atoms with E-state index in [9.17, 15) is 9.90 Å². The number of aromatic nitrogens is 2. The zero-order chi connectivity index (χ0) is 14.8. The Balaban J connectivity index is 1.87. The third kappa shape index (κ3) is 2.68. The molecule has 1 aromatic heterocycles. The number of nitrogens with zero attached hydrogens (tertiary/aromatic N) is 2. The fraction of sp³-hybridized carbons (Fsp3) is 0.438. The van der Waals surface area contributed by atoms with Crippen molar-refractivity contribution in [3.63, 3.8) is 0 Å². The molecule has 5 heteroatoms. The Morgan fingerprint density at radius 1 is 1.33 bits per heavy atom. The maximum Gasteiger partial charge on any atom is 0.307 e. The number of hydrogen-bond donors (Lipinski definition) is 1. The van der Waals surface area contributed by atoms with Crippen molar-refractivity contribution in [2.75, 3.05) is 0 Å². The monoisotopic (exact) mass is 286 g/mol. The third-order valence-corrected chi connectivity index (χ3v) is 4.35. The highest BCUT2D eigenvalue weighted by molar-refractivity contribution is 5.71. The van der Waals surface area contributed by atoms with Crippen LogP contribution in [0.5, 0.6) is 0 Å². The molecule has 3 unspecified atom stereocenters. The summed E-state index contributed by atoms with van der Waals surface area (Å²) in [4.78, 5) is 15.9. The normalized spacial score (nSPS) is 25.1. The molecule has 1 N–H and O–H groups in total. The van der Waals surface area contributed by atoms with Crippen molar-refractivity contribution in [3.8, 4) is 11.4 Å². The van der Waals surface area contributed by atoms with Crippen molar-refractivity contribution in [3.05, 3.63) is 36.2 Å². The summed E-state index contributed by atoms with van der Waals surface area (Å²) in [5, 5.41) is 13.4. The molecule has 3 rings (SSSR count). The highest BCUT2D eigenvalue weighted by Gasteiger charge is 2.42. The topological polar surface area (TPSA) is 76.2 Å². The van der Waals surface area contributed by atoms with E-state index in [-0.39, 0.29) is 5.92 Å². The molecular formula is C16H18N2O3. The van der Waals surface area contributed by atoms with E-state index < -0.39 is 11.9 Å². The van der Waals surface area contributed by atoms with Crippen molar-refractivity contribution in [1.82, 2.24) is 10.1 Å². The predicted octanol–water partition coefficient (Wildman–Crippen LogP) is 3.34. The summed E-state index contributed by atoms with van der Waals surface area (Å²) in [7, 11) is 0. The van der Waals surface area contributed by atoms with Crippen LogP contribution in [0.4, 0.5) is 0 Å². The first-order chi connectivity index (χ1) is 10.2. The fourth-order valence-electron chi connectivity index (χ4n) is 3.11. The van der Waals surface area contributed by atoms with Gasteiger partial charge >= 0.3 is 5.97 Å². The number of rotatable bonds is 4. The number of aliphatic carboxylic acids is 1. The van der Waals surface area contributed by atoms with Crippen molar-refractivity contribution in [2.24, 2.45) is 11.8 Å². The van der Waals surface area contributed by atoms with Gasteiger partial charge in [0.15, 0.2) is 0 Å². The number of carboxylic acid groups (broad SMARTS) is 1. The molecule has 0 saturated heterocycles. The molecule has 1 aliphatic carbocycles. The first kappa shape index (κ1) is 13.8. The van der Waals surface area contributed by atoms with Gasteiger partial charge in [-0.1, -0.05) is 48.8 Å². The summed E-state index contributed by atoms with van der Waals surface area (Å²) in [6, 6.07) is 9.57. The Morgan fingerprint density at radius 2 is 2.10 bits per heavy atom. The Kier molecular flexibility index (Phi) is 3.73. The summed E-state index contributed by atoms with van der Waals surface area (Å²) in [6.45, 7) is 2.09. The van der Waals surface area contributed by atoms with E-state index in [0.717, 1.165) is 18.4 Å². The molecule has 1 aliphatic rings. The van der Waals surface area contributed by atoms with Crippen LogP contribution in [0.25, 0.3) is 11.4 Å². The zero-order valence-electron chi connectivity index (χ0n) is 11.9. The maximum atomic E-state index is 11.4. The molecule has 0 bridgehead atoms. The van der Waals surface area contributed by atoms with Crippen LogP contribution >= 0.6 is 0 Å². The molecular weight excluding hydrogens is 268 g/mol. The van der Waals surface area contributed by atoms with Gasteiger partial charge in [-0.3, -0.25) is 4.79 Å². The second-order valence-electron chi connectivity index (χ2n) is 5.62. The van der Waals surface area contributed by atoms with Crippen LogP contribution in [0.2, 0.25) is 0 Å². The molecule has 3 atom stereocenters. The number of carboxylic acids is 1.